The molecule has 0 amide bonds. The van der Waals surface area contributed by atoms with Crippen LogP contribution in [0.4, 0.5) is 4.39 Å². The van der Waals surface area contributed by atoms with Crippen molar-refractivity contribution in [2.75, 3.05) is 0 Å². The zero-order valence-electron chi connectivity index (χ0n) is 16.5. The van der Waals surface area contributed by atoms with Gasteiger partial charge in [0.05, 0.1) is 0 Å². The first-order valence-electron chi connectivity index (χ1n) is 9.67. The molecule has 0 saturated heterocycles. The average molecular weight is 438 g/mol. The van der Waals surface area contributed by atoms with Gasteiger partial charge in [-0.15, -0.1) is 0 Å². The summed E-state index contributed by atoms with van der Waals surface area (Å²) >= 11 is 1.55. The van der Waals surface area contributed by atoms with Crippen LogP contribution in [0.15, 0.2) is 95.1 Å². The van der Waals surface area contributed by atoms with Crippen LogP contribution in [0.25, 0.3) is 0 Å². The third-order valence-electron chi connectivity index (χ3n) is 5.59. The molecule has 1 unspecified atom stereocenters. The molecule has 3 aromatic carbocycles. The normalized spacial score (nSPS) is 22.0. The van der Waals surface area contributed by atoms with Crippen LogP contribution in [0.5, 0.6) is 5.75 Å². The predicted molar refractivity (Wildman–Crippen MR) is 120 cm³/mol. The molecule has 3 aromatic rings. The topological polar surface area (TPSA) is 35.5 Å². The van der Waals surface area contributed by atoms with Gasteiger partial charge in [-0.3, -0.25) is 0 Å². The number of carbonyl (C=O) groups is 1. The summed E-state index contributed by atoms with van der Waals surface area (Å²) in [6.45, 7) is 3.39. The summed E-state index contributed by atoms with van der Waals surface area (Å²) in [6.07, 6.45) is -3.84. The van der Waals surface area contributed by atoms with Crippen LogP contribution in [0, 0.1) is 5.82 Å². The van der Waals surface area contributed by atoms with Crippen LogP contribution in [0.3, 0.4) is 0 Å². The van der Waals surface area contributed by atoms with Gasteiger partial charge in [-0.05, 0) is 0 Å². The number of allylic oxidation sites excluding steroid dienone is 2. The molecule has 3 nitrogen and oxygen atoms in total. The standard InChI is InChI=1S/C24H20FO3PS/c1-16(26)23-17(2)27-29(20-14-12-19(25)13-15-20,24(23)18-8-4-3-5-9-18)28-21-10-6-7-11-22(21)30-29/h3-15,24H,1-2H3. The summed E-state index contributed by atoms with van der Waals surface area (Å²) in [7, 11) is 0. The Hall–Kier alpha value is -2.62. The molecule has 0 fully saturated rings. The Bertz CT molecular complexity index is 1170. The zero-order chi connectivity index (χ0) is 21.0. The second-order valence-electron chi connectivity index (χ2n) is 7.48. The molecule has 1 spiro atoms. The van der Waals surface area contributed by atoms with Crippen LogP contribution < -0.4 is 9.83 Å². The molecular formula is C24H20FO3PS. The molecule has 2 aliphatic rings. The van der Waals surface area contributed by atoms with Gasteiger partial charge in [0.25, 0.3) is 0 Å². The molecule has 30 heavy (non-hydrogen) atoms. The maximum atomic E-state index is 13.9. The first-order valence-corrected chi connectivity index (χ1v) is 13.2. The molecule has 0 bridgehead atoms. The summed E-state index contributed by atoms with van der Waals surface area (Å²) < 4.78 is 27.5. The Balaban J connectivity index is 1.85. The van der Waals surface area contributed by atoms with Crippen molar-refractivity contribution >= 4 is 28.7 Å². The quantitative estimate of drug-likeness (QED) is 0.434. The van der Waals surface area contributed by atoms with E-state index in [4.69, 9.17) is 9.05 Å². The fourth-order valence-corrected chi connectivity index (χ4v) is 13.6. The van der Waals surface area contributed by atoms with Crippen LogP contribution in [0.1, 0.15) is 25.1 Å². The van der Waals surface area contributed by atoms with E-state index in [1.165, 1.54) is 12.1 Å². The number of benzene rings is 3. The summed E-state index contributed by atoms with van der Waals surface area (Å²) in [5.74, 6) is 0.913. The van der Waals surface area contributed by atoms with E-state index in [0.29, 0.717) is 11.3 Å². The Labute approximate surface area is 178 Å². The van der Waals surface area contributed by atoms with Gasteiger partial charge in [0.15, 0.2) is 0 Å². The van der Waals surface area contributed by atoms with Crippen LogP contribution in [0.2, 0.25) is 0 Å². The van der Waals surface area contributed by atoms with E-state index in [1.54, 1.807) is 30.4 Å². The van der Waals surface area contributed by atoms with Gasteiger partial charge in [0.1, 0.15) is 0 Å². The zero-order valence-corrected chi connectivity index (χ0v) is 18.3. The Morgan fingerprint density at radius 3 is 2.27 bits per heavy atom. The van der Waals surface area contributed by atoms with E-state index in [0.717, 1.165) is 21.5 Å². The second kappa shape index (κ2) is 6.69. The average Bonchev–Trinajstić information content (AvgIpc) is 3.21. The van der Waals surface area contributed by atoms with E-state index in [2.05, 4.69) is 0 Å². The first-order chi connectivity index (χ1) is 14.4. The first kappa shape index (κ1) is 19.3. The van der Waals surface area contributed by atoms with Gasteiger partial charge in [-0.1, -0.05) is 0 Å². The third-order valence-corrected chi connectivity index (χ3v) is 13.6. The number of halogens is 1. The van der Waals surface area contributed by atoms with Crippen molar-refractivity contribution in [1.82, 2.24) is 0 Å². The van der Waals surface area contributed by atoms with Crippen molar-refractivity contribution in [3.8, 4) is 5.75 Å². The van der Waals surface area contributed by atoms with Gasteiger partial charge in [-0.2, -0.15) is 0 Å². The van der Waals surface area contributed by atoms with E-state index in [1.807, 2.05) is 61.5 Å². The number of fused-ring (bicyclic) bond motifs is 1. The molecule has 0 aromatic heterocycles. The molecule has 152 valence electrons. The van der Waals surface area contributed by atoms with Gasteiger partial charge >= 0.3 is 179 Å². The van der Waals surface area contributed by atoms with Gasteiger partial charge in [0, 0.05) is 0 Å². The molecule has 0 N–H and O–H groups in total. The molecule has 0 radical (unpaired) electrons. The van der Waals surface area contributed by atoms with E-state index in [-0.39, 0.29) is 11.6 Å². The molecule has 5 rings (SSSR count). The number of ketones is 1. The van der Waals surface area contributed by atoms with Crippen LogP contribution in [-0.2, 0) is 9.32 Å². The SMILES string of the molecule is CC(=O)C1=C(C)OP2(c3ccc(F)cc3)(Oc3ccccc3S2)C1c1ccccc1. The molecular weight excluding hydrogens is 418 g/mol. The van der Waals surface area contributed by atoms with Gasteiger partial charge < -0.3 is 0 Å². The summed E-state index contributed by atoms with van der Waals surface area (Å²) in [5, 5.41) is 0.771. The van der Waals surface area contributed by atoms with Crippen molar-refractivity contribution in [1.29, 1.82) is 0 Å². The fourth-order valence-electron chi connectivity index (χ4n) is 4.43. The number of rotatable bonds is 3. The minimum absolute atomic E-state index is 0.0508. The molecule has 2 heterocycles. The predicted octanol–water partition coefficient (Wildman–Crippen LogP) is 6.57. The van der Waals surface area contributed by atoms with Gasteiger partial charge in [-0.25, -0.2) is 0 Å². The Kier molecular flexibility index (Phi) is 4.32. The number of para-hydroxylation sites is 1. The Morgan fingerprint density at radius 2 is 1.60 bits per heavy atom. The second-order valence-corrected chi connectivity index (χ2v) is 14.0. The summed E-state index contributed by atoms with van der Waals surface area (Å²) in [4.78, 5) is 13.8. The number of hydrogen-bond acceptors (Lipinski definition) is 4. The minimum atomic E-state index is -3.84. The molecule has 1 atom stereocenters. The number of carbonyl (C=O) groups excluding carboxylic acids is 1. The third kappa shape index (κ3) is 2.59. The molecule has 2 aliphatic heterocycles. The van der Waals surface area contributed by atoms with Crippen molar-refractivity contribution < 1.29 is 18.2 Å². The monoisotopic (exact) mass is 438 g/mol. The van der Waals surface area contributed by atoms with Crippen molar-refractivity contribution in [2.45, 2.75) is 24.4 Å². The van der Waals surface area contributed by atoms with Crippen molar-refractivity contribution in [3.63, 3.8) is 0 Å². The van der Waals surface area contributed by atoms with Crippen molar-refractivity contribution in [3.05, 3.63) is 102 Å². The number of hydrogen-bond donors (Lipinski definition) is 0. The maximum absolute atomic E-state index is 13.9. The van der Waals surface area contributed by atoms with E-state index < -0.39 is 11.9 Å². The van der Waals surface area contributed by atoms with Crippen molar-refractivity contribution in [2.24, 2.45) is 0 Å². The van der Waals surface area contributed by atoms with Crippen LogP contribution in [-0.4, -0.2) is 5.78 Å². The summed E-state index contributed by atoms with van der Waals surface area (Å²) in [6, 6.07) is 24.0. The summed E-state index contributed by atoms with van der Waals surface area (Å²) in [5.41, 5.74) is 1.14. The molecule has 6 heteroatoms. The van der Waals surface area contributed by atoms with E-state index in [9.17, 15) is 9.18 Å². The number of Topliss-reactive ketones (excluding diaryl/α,β-unsaturated/α-hetero) is 1. The Morgan fingerprint density at radius 1 is 0.933 bits per heavy atom. The molecule has 0 aliphatic carbocycles. The molecule has 0 saturated carbocycles. The van der Waals surface area contributed by atoms with Crippen LogP contribution >= 0.6 is 17.6 Å². The fraction of sp³-hybridized carbons (Fsp3) is 0.125. The van der Waals surface area contributed by atoms with Gasteiger partial charge in [0.2, 0.25) is 0 Å². The van der Waals surface area contributed by atoms with E-state index >= 15 is 0 Å².